The maximum absolute atomic E-state index is 12.6. The van der Waals surface area contributed by atoms with Crippen LogP contribution in [-0.2, 0) is 14.3 Å². The largest absolute Gasteiger partial charge is 0.480 e. The lowest BCUT2D eigenvalue weighted by Gasteiger charge is -2.24. The number of alkyl carbamates (subject to hydrolysis) is 1. The van der Waals surface area contributed by atoms with Crippen LogP contribution in [0.25, 0.3) is 11.1 Å². The Bertz CT molecular complexity index is 985. The van der Waals surface area contributed by atoms with Crippen LogP contribution in [0, 0.1) is 0 Å². The Labute approximate surface area is 187 Å². The van der Waals surface area contributed by atoms with E-state index in [1.807, 2.05) is 31.2 Å². The van der Waals surface area contributed by atoms with E-state index in [4.69, 9.17) is 9.84 Å². The van der Waals surface area contributed by atoms with E-state index in [1.165, 1.54) is 4.90 Å². The molecule has 0 saturated heterocycles. The van der Waals surface area contributed by atoms with Crippen molar-refractivity contribution in [3.8, 4) is 11.1 Å². The minimum absolute atomic E-state index is 0.0273. The SMILES string of the molecule is CCCN(CC(=O)O)C(=O)CC1(NC(=O)OCC2c3ccccc3-c3ccccc32)CC1. The number of fused-ring (bicyclic) bond motifs is 3. The van der Waals surface area contributed by atoms with Crippen molar-refractivity contribution in [3.63, 3.8) is 0 Å². The molecule has 0 aromatic heterocycles. The molecule has 2 aliphatic carbocycles. The van der Waals surface area contributed by atoms with Gasteiger partial charge in [-0.05, 0) is 41.5 Å². The number of rotatable bonds is 9. The third-order valence-electron chi connectivity index (χ3n) is 6.23. The minimum atomic E-state index is -1.04. The first kappa shape index (κ1) is 21.9. The lowest BCUT2D eigenvalue weighted by Crippen LogP contribution is -2.44. The van der Waals surface area contributed by atoms with Gasteiger partial charge in [0.05, 0.1) is 12.0 Å². The average Bonchev–Trinajstić information content (AvgIpc) is 3.44. The number of carbonyl (C=O) groups excluding carboxylic acids is 2. The zero-order valence-corrected chi connectivity index (χ0v) is 18.2. The summed E-state index contributed by atoms with van der Waals surface area (Å²) in [5.41, 5.74) is 3.97. The molecule has 4 rings (SSSR count). The van der Waals surface area contributed by atoms with Gasteiger partial charge in [0.15, 0.2) is 0 Å². The number of benzene rings is 2. The second-order valence-corrected chi connectivity index (χ2v) is 8.62. The molecule has 0 spiro atoms. The van der Waals surface area contributed by atoms with Crippen molar-refractivity contribution in [2.75, 3.05) is 19.7 Å². The van der Waals surface area contributed by atoms with E-state index in [1.54, 1.807) is 0 Å². The van der Waals surface area contributed by atoms with Crippen molar-refractivity contribution < 1.29 is 24.2 Å². The van der Waals surface area contributed by atoms with Crippen molar-refractivity contribution in [2.45, 2.75) is 44.1 Å². The summed E-state index contributed by atoms with van der Waals surface area (Å²) in [6.45, 7) is 2.16. The van der Waals surface area contributed by atoms with Gasteiger partial charge in [0, 0.05) is 12.5 Å². The molecule has 2 N–H and O–H groups in total. The van der Waals surface area contributed by atoms with Crippen LogP contribution in [0.1, 0.15) is 49.7 Å². The highest BCUT2D eigenvalue weighted by atomic mass is 16.5. The van der Waals surface area contributed by atoms with E-state index < -0.39 is 17.6 Å². The summed E-state index contributed by atoms with van der Waals surface area (Å²) in [7, 11) is 0. The summed E-state index contributed by atoms with van der Waals surface area (Å²) in [4.78, 5) is 37.6. The van der Waals surface area contributed by atoms with Gasteiger partial charge >= 0.3 is 12.1 Å². The molecule has 0 atom stereocenters. The topological polar surface area (TPSA) is 95.9 Å². The summed E-state index contributed by atoms with van der Waals surface area (Å²) in [6, 6.07) is 16.3. The van der Waals surface area contributed by atoms with Crippen LogP contribution in [-0.4, -0.2) is 53.2 Å². The Morgan fingerprint density at radius 3 is 2.19 bits per heavy atom. The first-order chi connectivity index (χ1) is 15.4. The first-order valence-corrected chi connectivity index (χ1v) is 11.1. The summed E-state index contributed by atoms with van der Waals surface area (Å²) < 4.78 is 5.60. The number of aliphatic carboxylic acids is 1. The lowest BCUT2D eigenvalue weighted by atomic mass is 9.98. The van der Waals surface area contributed by atoms with Crippen LogP contribution < -0.4 is 5.32 Å². The van der Waals surface area contributed by atoms with Crippen LogP contribution >= 0.6 is 0 Å². The van der Waals surface area contributed by atoms with Gasteiger partial charge in [0.2, 0.25) is 5.91 Å². The molecule has 2 aromatic carbocycles. The van der Waals surface area contributed by atoms with Crippen LogP contribution in [0.2, 0.25) is 0 Å². The number of carboxylic acid groups (broad SMARTS) is 1. The standard InChI is InChI=1S/C25H28N2O5/c1-2-13-27(15-23(29)30)22(28)14-25(11-12-25)26-24(31)32-16-21-19-9-5-3-7-17(19)18-8-4-6-10-20(18)21/h3-10,21H,2,11-16H2,1H3,(H,26,31)(H,29,30). The van der Waals surface area contributed by atoms with Crippen LogP contribution in [0.15, 0.2) is 48.5 Å². The molecule has 7 heteroatoms. The molecule has 0 bridgehead atoms. The highest BCUT2D eigenvalue weighted by molar-refractivity contribution is 5.83. The van der Waals surface area contributed by atoms with E-state index in [-0.39, 0.29) is 31.4 Å². The maximum Gasteiger partial charge on any atom is 0.407 e. The van der Waals surface area contributed by atoms with Crippen LogP contribution in [0.4, 0.5) is 4.79 Å². The molecule has 0 unspecified atom stereocenters. The van der Waals surface area contributed by atoms with Gasteiger partial charge in [-0.3, -0.25) is 9.59 Å². The first-order valence-electron chi connectivity index (χ1n) is 11.1. The second kappa shape index (κ2) is 9.02. The summed E-state index contributed by atoms with van der Waals surface area (Å²) in [5.74, 6) is -1.33. The highest BCUT2D eigenvalue weighted by Gasteiger charge is 2.47. The van der Waals surface area contributed by atoms with Crippen molar-refractivity contribution in [1.29, 1.82) is 0 Å². The molecule has 1 fully saturated rings. The zero-order valence-electron chi connectivity index (χ0n) is 18.2. The molecular formula is C25H28N2O5. The van der Waals surface area contributed by atoms with Crippen molar-refractivity contribution in [1.82, 2.24) is 10.2 Å². The number of hydrogen-bond donors (Lipinski definition) is 2. The molecule has 0 radical (unpaired) electrons. The maximum atomic E-state index is 12.6. The van der Waals surface area contributed by atoms with E-state index in [0.29, 0.717) is 25.8 Å². The molecule has 32 heavy (non-hydrogen) atoms. The molecular weight excluding hydrogens is 408 g/mol. The lowest BCUT2D eigenvalue weighted by molar-refractivity contribution is -0.144. The molecule has 7 nitrogen and oxygen atoms in total. The van der Waals surface area contributed by atoms with Gasteiger partial charge in [-0.2, -0.15) is 0 Å². The van der Waals surface area contributed by atoms with Gasteiger partial charge in [-0.1, -0.05) is 55.5 Å². The van der Waals surface area contributed by atoms with Crippen molar-refractivity contribution in [2.24, 2.45) is 0 Å². The van der Waals surface area contributed by atoms with Gasteiger partial charge < -0.3 is 20.1 Å². The number of ether oxygens (including phenoxy) is 1. The van der Waals surface area contributed by atoms with Gasteiger partial charge in [0.1, 0.15) is 13.2 Å². The highest BCUT2D eigenvalue weighted by Crippen LogP contribution is 2.44. The fourth-order valence-corrected chi connectivity index (χ4v) is 4.47. The Balaban J connectivity index is 1.36. The number of nitrogens with zero attached hydrogens (tertiary/aromatic N) is 1. The molecule has 168 valence electrons. The molecule has 2 amide bonds. The summed E-state index contributed by atoms with van der Waals surface area (Å²) in [6.07, 6.45) is 1.57. The van der Waals surface area contributed by atoms with E-state index in [0.717, 1.165) is 22.3 Å². The van der Waals surface area contributed by atoms with Crippen LogP contribution in [0.5, 0.6) is 0 Å². The Morgan fingerprint density at radius 2 is 1.66 bits per heavy atom. The smallest absolute Gasteiger partial charge is 0.407 e. The minimum Gasteiger partial charge on any atom is -0.480 e. The van der Waals surface area contributed by atoms with Crippen molar-refractivity contribution >= 4 is 18.0 Å². The summed E-state index contributed by atoms with van der Waals surface area (Å²) in [5, 5.41) is 11.9. The number of hydrogen-bond acceptors (Lipinski definition) is 4. The number of amides is 2. The number of carboxylic acids is 1. The second-order valence-electron chi connectivity index (χ2n) is 8.62. The quantitative estimate of drug-likeness (QED) is 0.624. The van der Waals surface area contributed by atoms with Gasteiger partial charge in [-0.15, -0.1) is 0 Å². The molecule has 0 aliphatic heterocycles. The van der Waals surface area contributed by atoms with Gasteiger partial charge in [0.25, 0.3) is 0 Å². The van der Waals surface area contributed by atoms with E-state index in [2.05, 4.69) is 29.6 Å². The van der Waals surface area contributed by atoms with Gasteiger partial charge in [-0.25, -0.2) is 4.79 Å². The number of nitrogens with one attached hydrogen (secondary N) is 1. The number of carbonyl (C=O) groups is 3. The summed E-state index contributed by atoms with van der Waals surface area (Å²) >= 11 is 0. The van der Waals surface area contributed by atoms with Crippen LogP contribution in [0.3, 0.4) is 0 Å². The molecule has 2 aliphatic rings. The fraction of sp³-hybridized carbons (Fsp3) is 0.400. The third-order valence-corrected chi connectivity index (χ3v) is 6.23. The zero-order chi connectivity index (χ0) is 22.7. The van der Waals surface area contributed by atoms with E-state index >= 15 is 0 Å². The predicted octanol–water partition coefficient (Wildman–Crippen LogP) is 3.77. The van der Waals surface area contributed by atoms with Crippen molar-refractivity contribution in [3.05, 3.63) is 59.7 Å². The third kappa shape index (κ3) is 4.61. The molecule has 1 saturated carbocycles. The predicted molar refractivity (Wildman–Crippen MR) is 119 cm³/mol. The average molecular weight is 437 g/mol. The Morgan fingerprint density at radius 1 is 1.06 bits per heavy atom. The monoisotopic (exact) mass is 436 g/mol. The Kier molecular flexibility index (Phi) is 6.17. The fourth-order valence-electron chi connectivity index (χ4n) is 4.47. The molecule has 0 heterocycles. The normalized spacial score (nSPS) is 15.4. The Hall–Kier alpha value is -3.35. The molecule has 2 aromatic rings. The van der Waals surface area contributed by atoms with E-state index in [9.17, 15) is 14.4 Å².